The van der Waals surface area contributed by atoms with Crippen molar-refractivity contribution in [3.8, 4) is 5.75 Å². The molecule has 21 heavy (non-hydrogen) atoms. The molecule has 0 aliphatic heterocycles. The van der Waals surface area contributed by atoms with Gasteiger partial charge in [-0.05, 0) is 37.1 Å². The van der Waals surface area contributed by atoms with Crippen LogP contribution in [0.15, 0.2) is 30.3 Å². The normalized spacial score (nSPS) is 10.5. The number of halogens is 2. The van der Waals surface area contributed by atoms with Crippen LogP contribution in [0.2, 0.25) is 0 Å². The Hall–Kier alpha value is -2.30. The molecule has 2 aromatic rings. The zero-order chi connectivity index (χ0) is 15.4. The second kappa shape index (κ2) is 6.43. The summed E-state index contributed by atoms with van der Waals surface area (Å²) in [6, 6.07) is 7.69. The van der Waals surface area contributed by atoms with Gasteiger partial charge in [0.15, 0.2) is 5.82 Å². The van der Waals surface area contributed by atoms with Crippen molar-refractivity contribution in [2.75, 3.05) is 17.7 Å². The zero-order valence-corrected chi connectivity index (χ0v) is 12.0. The molecule has 0 radical (unpaired) electrons. The Kier molecular flexibility index (Phi) is 4.62. The monoisotopic (exact) mass is 292 g/mol. The van der Waals surface area contributed by atoms with Gasteiger partial charge in [0.05, 0.1) is 18.0 Å². The lowest BCUT2D eigenvalue weighted by atomic mass is 10.1. The standard InChI is InChI=1S/C16H18F2N2O/c1-3-9-21-13-6-4-5-12(15(13)19)20-16-11(17)8-7-10(2)14(16)18/h4-8,20H,3,9,19H2,1-2H3. The SMILES string of the molecule is CCCOc1cccc(Nc2c(F)ccc(C)c2F)c1N. The average molecular weight is 292 g/mol. The molecule has 5 heteroatoms. The first-order chi connectivity index (χ1) is 10.0. The van der Waals surface area contributed by atoms with Gasteiger partial charge in [-0.25, -0.2) is 8.78 Å². The Morgan fingerprint density at radius 1 is 1.19 bits per heavy atom. The summed E-state index contributed by atoms with van der Waals surface area (Å²) in [6.07, 6.45) is 0.845. The molecule has 0 bridgehead atoms. The van der Waals surface area contributed by atoms with Crippen LogP contribution in [0.25, 0.3) is 0 Å². The average Bonchev–Trinajstić information content (AvgIpc) is 2.48. The van der Waals surface area contributed by atoms with Crippen molar-refractivity contribution in [1.29, 1.82) is 0 Å². The molecule has 3 nitrogen and oxygen atoms in total. The third-order valence-corrected chi connectivity index (χ3v) is 3.07. The van der Waals surface area contributed by atoms with Gasteiger partial charge in [0, 0.05) is 0 Å². The number of nitrogen functional groups attached to an aromatic ring is 1. The van der Waals surface area contributed by atoms with Crippen LogP contribution in [0.3, 0.4) is 0 Å². The van der Waals surface area contributed by atoms with E-state index in [1.54, 1.807) is 25.1 Å². The Bertz CT molecular complexity index is 644. The third-order valence-electron chi connectivity index (χ3n) is 3.07. The second-order valence-electron chi connectivity index (χ2n) is 4.74. The van der Waals surface area contributed by atoms with Crippen molar-refractivity contribution < 1.29 is 13.5 Å². The highest BCUT2D eigenvalue weighted by Crippen LogP contribution is 2.33. The predicted molar refractivity (Wildman–Crippen MR) is 81.0 cm³/mol. The van der Waals surface area contributed by atoms with E-state index in [0.29, 0.717) is 29.3 Å². The summed E-state index contributed by atoms with van der Waals surface area (Å²) in [5.74, 6) is -0.804. The zero-order valence-electron chi connectivity index (χ0n) is 12.0. The number of para-hydroxylation sites is 1. The third kappa shape index (κ3) is 3.24. The van der Waals surface area contributed by atoms with Crippen molar-refractivity contribution in [3.63, 3.8) is 0 Å². The molecule has 0 atom stereocenters. The Labute approximate surface area is 122 Å². The van der Waals surface area contributed by atoms with Gasteiger partial charge in [-0.3, -0.25) is 0 Å². The van der Waals surface area contributed by atoms with Crippen LogP contribution in [-0.2, 0) is 0 Å². The number of hydrogen-bond acceptors (Lipinski definition) is 3. The van der Waals surface area contributed by atoms with Crippen LogP contribution in [0, 0.1) is 18.6 Å². The molecular weight excluding hydrogens is 274 g/mol. The van der Waals surface area contributed by atoms with Gasteiger partial charge >= 0.3 is 0 Å². The Balaban J connectivity index is 2.34. The van der Waals surface area contributed by atoms with E-state index in [9.17, 15) is 8.78 Å². The quantitative estimate of drug-likeness (QED) is 0.804. The Morgan fingerprint density at radius 2 is 1.95 bits per heavy atom. The molecule has 0 aliphatic rings. The molecule has 0 saturated heterocycles. The first-order valence-electron chi connectivity index (χ1n) is 6.77. The summed E-state index contributed by atoms with van der Waals surface area (Å²) in [4.78, 5) is 0. The summed E-state index contributed by atoms with van der Waals surface area (Å²) in [5, 5.41) is 2.71. The number of aryl methyl sites for hydroxylation is 1. The van der Waals surface area contributed by atoms with E-state index in [4.69, 9.17) is 10.5 Å². The van der Waals surface area contributed by atoms with Gasteiger partial charge < -0.3 is 15.8 Å². The maximum atomic E-state index is 14.0. The first kappa shape index (κ1) is 15.1. The summed E-state index contributed by atoms with van der Waals surface area (Å²) in [7, 11) is 0. The number of anilines is 3. The highest BCUT2D eigenvalue weighted by molar-refractivity contribution is 5.77. The van der Waals surface area contributed by atoms with Crippen LogP contribution in [0.4, 0.5) is 25.8 Å². The maximum absolute atomic E-state index is 14.0. The summed E-state index contributed by atoms with van der Waals surface area (Å²) in [5.41, 5.74) is 6.86. The minimum atomic E-state index is -0.669. The van der Waals surface area contributed by atoms with E-state index >= 15 is 0 Å². The molecule has 0 amide bonds. The minimum absolute atomic E-state index is 0.214. The molecule has 0 unspecified atom stereocenters. The van der Waals surface area contributed by atoms with Gasteiger partial charge in [0.25, 0.3) is 0 Å². The minimum Gasteiger partial charge on any atom is -0.491 e. The van der Waals surface area contributed by atoms with Crippen LogP contribution in [0.1, 0.15) is 18.9 Å². The Morgan fingerprint density at radius 3 is 2.67 bits per heavy atom. The number of hydrogen-bond donors (Lipinski definition) is 2. The van der Waals surface area contributed by atoms with Crippen molar-refractivity contribution in [2.24, 2.45) is 0 Å². The molecule has 0 heterocycles. The lowest BCUT2D eigenvalue weighted by molar-refractivity contribution is 0.319. The van der Waals surface area contributed by atoms with Crippen molar-refractivity contribution in [3.05, 3.63) is 47.5 Å². The van der Waals surface area contributed by atoms with Crippen molar-refractivity contribution in [2.45, 2.75) is 20.3 Å². The molecule has 112 valence electrons. The van der Waals surface area contributed by atoms with Crippen LogP contribution in [-0.4, -0.2) is 6.61 Å². The van der Waals surface area contributed by atoms with E-state index in [-0.39, 0.29) is 5.69 Å². The molecule has 0 aromatic heterocycles. The van der Waals surface area contributed by atoms with E-state index in [0.717, 1.165) is 6.42 Å². The van der Waals surface area contributed by atoms with Crippen molar-refractivity contribution >= 4 is 17.1 Å². The summed E-state index contributed by atoms with van der Waals surface area (Å²) in [6.45, 7) is 4.08. The smallest absolute Gasteiger partial charge is 0.152 e. The summed E-state index contributed by atoms with van der Waals surface area (Å²) < 4.78 is 33.3. The molecule has 0 aliphatic carbocycles. The van der Waals surface area contributed by atoms with E-state index in [1.165, 1.54) is 12.1 Å². The van der Waals surface area contributed by atoms with Crippen molar-refractivity contribution in [1.82, 2.24) is 0 Å². The van der Waals surface area contributed by atoms with Gasteiger partial charge in [-0.1, -0.05) is 19.1 Å². The lowest BCUT2D eigenvalue weighted by Crippen LogP contribution is -2.04. The highest BCUT2D eigenvalue weighted by atomic mass is 19.1. The number of benzene rings is 2. The van der Waals surface area contributed by atoms with E-state index in [2.05, 4.69) is 5.32 Å². The molecule has 0 saturated carbocycles. The lowest BCUT2D eigenvalue weighted by Gasteiger charge is -2.15. The molecular formula is C16H18F2N2O. The van der Waals surface area contributed by atoms with Gasteiger partial charge in [-0.2, -0.15) is 0 Å². The maximum Gasteiger partial charge on any atom is 0.152 e. The fraction of sp³-hybridized carbons (Fsp3) is 0.250. The number of nitrogens with one attached hydrogen (secondary N) is 1. The first-order valence-corrected chi connectivity index (χ1v) is 6.77. The van der Waals surface area contributed by atoms with Gasteiger partial charge in [0.2, 0.25) is 0 Å². The molecule has 0 fully saturated rings. The van der Waals surface area contributed by atoms with Crippen LogP contribution >= 0.6 is 0 Å². The topological polar surface area (TPSA) is 47.3 Å². The number of nitrogens with two attached hydrogens (primary N) is 1. The fourth-order valence-electron chi connectivity index (χ4n) is 1.90. The predicted octanol–water partition coefficient (Wildman–Crippen LogP) is 4.39. The molecule has 0 spiro atoms. The summed E-state index contributed by atoms with van der Waals surface area (Å²) >= 11 is 0. The number of rotatable bonds is 5. The van der Waals surface area contributed by atoms with Gasteiger partial charge in [0.1, 0.15) is 17.3 Å². The van der Waals surface area contributed by atoms with E-state index in [1.807, 2.05) is 6.92 Å². The number of ether oxygens (including phenoxy) is 1. The van der Waals surface area contributed by atoms with Crippen LogP contribution < -0.4 is 15.8 Å². The van der Waals surface area contributed by atoms with Gasteiger partial charge in [-0.15, -0.1) is 0 Å². The van der Waals surface area contributed by atoms with Crippen LogP contribution in [0.5, 0.6) is 5.75 Å². The highest BCUT2D eigenvalue weighted by Gasteiger charge is 2.14. The largest absolute Gasteiger partial charge is 0.491 e. The fourth-order valence-corrected chi connectivity index (χ4v) is 1.90. The van der Waals surface area contributed by atoms with E-state index < -0.39 is 11.6 Å². The molecule has 2 aromatic carbocycles. The second-order valence-corrected chi connectivity index (χ2v) is 4.74. The molecule has 3 N–H and O–H groups in total. The molecule has 2 rings (SSSR count).